The first-order valence-electron chi connectivity index (χ1n) is 10.3. The molecule has 4 rings (SSSR count). The summed E-state index contributed by atoms with van der Waals surface area (Å²) >= 11 is 0. The molecule has 6 nitrogen and oxygen atoms in total. The lowest BCUT2D eigenvalue weighted by Gasteiger charge is -2.35. The van der Waals surface area contributed by atoms with E-state index >= 15 is 0 Å². The van der Waals surface area contributed by atoms with E-state index in [4.69, 9.17) is 4.74 Å². The molecule has 156 valence electrons. The lowest BCUT2D eigenvalue weighted by atomic mass is 10.0. The Bertz CT molecular complexity index is 1030. The molecule has 0 radical (unpaired) electrons. The summed E-state index contributed by atoms with van der Waals surface area (Å²) in [5.74, 6) is 0.981. The highest BCUT2D eigenvalue weighted by Crippen LogP contribution is 2.23. The fraction of sp³-hybridized carbons (Fsp3) is 0.333. The number of carbonyl (C=O) groups excluding carboxylic acids is 1. The number of hydrogen-bond donors (Lipinski definition) is 0. The second-order valence-electron chi connectivity index (χ2n) is 7.91. The van der Waals surface area contributed by atoms with E-state index in [9.17, 15) is 4.79 Å². The molecule has 1 saturated heterocycles. The lowest BCUT2D eigenvalue weighted by Crippen LogP contribution is -2.49. The van der Waals surface area contributed by atoms with Crippen LogP contribution >= 0.6 is 0 Å². The van der Waals surface area contributed by atoms with Crippen molar-refractivity contribution < 1.29 is 9.53 Å². The standard InChI is InChI=1S/C24H28N4O2/c1-18-12-19(2)22(23(13-18)28-9-5-8-25-28)16-26-10-11-27(24(29)17-26)15-20-6-4-7-21(14-20)30-3/h4-9,12-14H,10-11,15-17H2,1-3H3. The number of amides is 1. The summed E-state index contributed by atoms with van der Waals surface area (Å²) in [5, 5.41) is 4.42. The quantitative estimate of drug-likeness (QED) is 0.632. The summed E-state index contributed by atoms with van der Waals surface area (Å²) in [6.07, 6.45) is 3.76. The van der Waals surface area contributed by atoms with Gasteiger partial charge < -0.3 is 9.64 Å². The third kappa shape index (κ3) is 4.39. The summed E-state index contributed by atoms with van der Waals surface area (Å²) < 4.78 is 7.21. The number of carbonyl (C=O) groups is 1. The van der Waals surface area contributed by atoms with E-state index in [1.165, 1.54) is 16.7 Å². The Morgan fingerprint density at radius 1 is 1.07 bits per heavy atom. The number of rotatable bonds is 6. The molecule has 0 spiro atoms. The first-order chi connectivity index (χ1) is 14.5. The summed E-state index contributed by atoms with van der Waals surface area (Å²) in [4.78, 5) is 17.0. The molecule has 6 heteroatoms. The summed E-state index contributed by atoms with van der Waals surface area (Å²) in [6, 6.07) is 14.2. The van der Waals surface area contributed by atoms with Crippen molar-refractivity contribution in [1.29, 1.82) is 0 Å². The van der Waals surface area contributed by atoms with Gasteiger partial charge in [0, 0.05) is 38.6 Å². The summed E-state index contributed by atoms with van der Waals surface area (Å²) in [5.41, 5.74) is 5.83. The first kappa shape index (κ1) is 20.2. The predicted octanol–water partition coefficient (Wildman–Crippen LogP) is 3.34. The molecule has 0 N–H and O–H groups in total. The number of benzene rings is 2. The van der Waals surface area contributed by atoms with Gasteiger partial charge in [-0.05, 0) is 60.4 Å². The van der Waals surface area contributed by atoms with E-state index in [1.807, 2.05) is 46.1 Å². The van der Waals surface area contributed by atoms with E-state index in [0.29, 0.717) is 13.1 Å². The monoisotopic (exact) mass is 404 g/mol. The second-order valence-corrected chi connectivity index (χ2v) is 7.91. The molecule has 2 heterocycles. The first-order valence-corrected chi connectivity index (χ1v) is 10.3. The summed E-state index contributed by atoms with van der Waals surface area (Å²) in [6.45, 7) is 7.59. The van der Waals surface area contributed by atoms with Gasteiger partial charge >= 0.3 is 0 Å². The van der Waals surface area contributed by atoms with Crippen LogP contribution in [0.2, 0.25) is 0 Å². The molecule has 0 atom stereocenters. The molecule has 0 saturated carbocycles. The van der Waals surface area contributed by atoms with Crippen LogP contribution in [-0.4, -0.2) is 52.2 Å². The molecule has 1 aliphatic rings. The molecule has 1 aliphatic heterocycles. The molecule has 0 unspecified atom stereocenters. The fourth-order valence-electron chi connectivity index (χ4n) is 4.07. The van der Waals surface area contributed by atoms with Gasteiger partial charge in [0.15, 0.2) is 0 Å². The van der Waals surface area contributed by atoms with Crippen LogP contribution in [0.1, 0.15) is 22.3 Å². The van der Waals surface area contributed by atoms with Gasteiger partial charge in [-0.1, -0.05) is 18.2 Å². The largest absolute Gasteiger partial charge is 0.497 e. The minimum atomic E-state index is 0.162. The zero-order chi connectivity index (χ0) is 21.1. The van der Waals surface area contributed by atoms with Crippen molar-refractivity contribution in [2.45, 2.75) is 26.9 Å². The number of nitrogens with zero attached hydrogens (tertiary/aromatic N) is 4. The number of aryl methyl sites for hydroxylation is 2. The molecule has 0 bridgehead atoms. The van der Waals surface area contributed by atoms with Crippen LogP contribution in [0.3, 0.4) is 0 Å². The van der Waals surface area contributed by atoms with E-state index in [0.717, 1.165) is 36.6 Å². The molecule has 1 aromatic heterocycles. The van der Waals surface area contributed by atoms with E-state index in [1.54, 1.807) is 13.3 Å². The molecule has 30 heavy (non-hydrogen) atoms. The van der Waals surface area contributed by atoms with Crippen LogP contribution in [-0.2, 0) is 17.9 Å². The van der Waals surface area contributed by atoms with Gasteiger partial charge in [-0.3, -0.25) is 9.69 Å². The van der Waals surface area contributed by atoms with Crippen LogP contribution < -0.4 is 4.74 Å². The Balaban J connectivity index is 1.46. The number of hydrogen-bond acceptors (Lipinski definition) is 4. The molecule has 3 aromatic rings. The summed E-state index contributed by atoms with van der Waals surface area (Å²) in [7, 11) is 1.66. The number of methoxy groups -OCH3 is 1. The predicted molar refractivity (Wildman–Crippen MR) is 117 cm³/mol. The molecular formula is C24H28N4O2. The third-order valence-electron chi connectivity index (χ3n) is 5.63. The van der Waals surface area contributed by atoms with E-state index in [-0.39, 0.29) is 5.91 Å². The second kappa shape index (κ2) is 8.71. The number of aromatic nitrogens is 2. The SMILES string of the molecule is COc1cccc(CN2CCN(Cc3c(C)cc(C)cc3-n3cccn3)CC2=O)c1. The molecule has 2 aromatic carbocycles. The Hall–Kier alpha value is -3.12. The average molecular weight is 405 g/mol. The zero-order valence-corrected chi connectivity index (χ0v) is 17.8. The van der Waals surface area contributed by atoms with Gasteiger partial charge in [-0.15, -0.1) is 0 Å². The highest BCUT2D eigenvalue weighted by molar-refractivity contribution is 5.79. The Kier molecular flexibility index (Phi) is 5.86. The third-order valence-corrected chi connectivity index (χ3v) is 5.63. The van der Waals surface area contributed by atoms with Gasteiger partial charge in [0.05, 0.1) is 19.3 Å². The van der Waals surface area contributed by atoms with Gasteiger partial charge in [-0.2, -0.15) is 5.10 Å². The maximum Gasteiger partial charge on any atom is 0.237 e. The lowest BCUT2D eigenvalue weighted by molar-refractivity contribution is -0.136. The van der Waals surface area contributed by atoms with Crippen LogP contribution in [0.5, 0.6) is 5.75 Å². The Labute approximate surface area is 177 Å². The maximum absolute atomic E-state index is 12.8. The van der Waals surface area contributed by atoms with Crippen molar-refractivity contribution in [3.63, 3.8) is 0 Å². The van der Waals surface area contributed by atoms with Gasteiger partial charge in [0.2, 0.25) is 5.91 Å². The highest BCUT2D eigenvalue weighted by atomic mass is 16.5. The Morgan fingerprint density at radius 3 is 2.67 bits per heavy atom. The Morgan fingerprint density at radius 2 is 1.93 bits per heavy atom. The molecule has 0 aliphatic carbocycles. The minimum Gasteiger partial charge on any atom is -0.497 e. The topological polar surface area (TPSA) is 50.6 Å². The normalized spacial score (nSPS) is 14.9. The van der Waals surface area contributed by atoms with Gasteiger partial charge in [0.25, 0.3) is 0 Å². The van der Waals surface area contributed by atoms with E-state index in [2.05, 4.69) is 36.0 Å². The van der Waals surface area contributed by atoms with Crippen LogP contribution in [0.4, 0.5) is 0 Å². The highest BCUT2D eigenvalue weighted by Gasteiger charge is 2.25. The maximum atomic E-state index is 12.8. The van der Waals surface area contributed by atoms with Crippen LogP contribution in [0.25, 0.3) is 5.69 Å². The number of piperazine rings is 1. The van der Waals surface area contributed by atoms with Crippen LogP contribution in [0.15, 0.2) is 54.9 Å². The molecular weight excluding hydrogens is 376 g/mol. The molecule has 1 fully saturated rings. The van der Waals surface area contributed by atoms with Gasteiger partial charge in [0.1, 0.15) is 5.75 Å². The minimum absolute atomic E-state index is 0.162. The van der Waals surface area contributed by atoms with Crippen LogP contribution in [0, 0.1) is 13.8 Å². The van der Waals surface area contributed by atoms with Crippen molar-refractivity contribution >= 4 is 5.91 Å². The fourth-order valence-corrected chi connectivity index (χ4v) is 4.07. The van der Waals surface area contributed by atoms with Gasteiger partial charge in [-0.25, -0.2) is 4.68 Å². The zero-order valence-electron chi connectivity index (χ0n) is 17.8. The van der Waals surface area contributed by atoms with Crippen molar-refractivity contribution in [3.05, 3.63) is 77.1 Å². The average Bonchev–Trinajstić information content (AvgIpc) is 3.26. The van der Waals surface area contributed by atoms with Crippen molar-refractivity contribution in [2.24, 2.45) is 0 Å². The van der Waals surface area contributed by atoms with Crippen molar-refractivity contribution in [2.75, 3.05) is 26.7 Å². The smallest absolute Gasteiger partial charge is 0.237 e. The van der Waals surface area contributed by atoms with Crippen molar-refractivity contribution in [1.82, 2.24) is 19.6 Å². The van der Waals surface area contributed by atoms with E-state index < -0.39 is 0 Å². The molecule has 1 amide bonds. The number of ether oxygens (including phenoxy) is 1. The van der Waals surface area contributed by atoms with Crippen molar-refractivity contribution in [3.8, 4) is 11.4 Å².